The normalized spacial score (nSPS) is 13.6. The molecule has 0 aliphatic carbocycles. The molecule has 0 amide bonds. The van der Waals surface area contributed by atoms with Crippen molar-refractivity contribution in [3.05, 3.63) is 34.9 Å². The third kappa shape index (κ3) is 5.68. The summed E-state index contributed by atoms with van der Waals surface area (Å²) in [6.07, 6.45) is -7.04. The molecule has 0 aliphatic heterocycles. The fourth-order valence-corrected chi connectivity index (χ4v) is 2.07. The molecule has 22 heavy (non-hydrogen) atoms. The summed E-state index contributed by atoms with van der Waals surface area (Å²) in [5.74, 6) is 0. The van der Waals surface area contributed by atoms with Gasteiger partial charge in [0.05, 0.1) is 11.1 Å². The lowest BCUT2D eigenvalue weighted by molar-refractivity contribution is -0.143. The molecule has 0 unspecified atom stereocenters. The number of unbranched alkanes of at least 4 members (excludes halogenated alkanes) is 2. The molecule has 1 nitrogen and oxygen atoms in total. The SMILES string of the molecule is CCCCC[C@H](N)c1ccc(C(F)(F)F)cc1C(F)(F)F.Cl. The van der Waals surface area contributed by atoms with E-state index in [1.165, 1.54) is 0 Å². The Labute approximate surface area is 131 Å². The van der Waals surface area contributed by atoms with Gasteiger partial charge < -0.3 is 5.73 Å². The van der Waals surface area contributed by atoms with Gasteiger partial charge in [0.1, 0.15) is 0 Å². The molecule has 1 aromatic rings. The third-order valence-corrected chi connectivity index (χ3v) is 3.20. The molecule has 128 valence electrons. The van der Waals surface area contributed by atoms with Crippen molar-refractivity contribution in [1.82, 2.24) is 0 Å². The number of hydrogen-bond donors (Lipinski definition) is 1. The minimum absolute atomic E-state index is 0. The Morgan fingerprint density at radius 3 is 2.05 bits per heavy atom. The molecule has 0 aromatic heterocycles. The standard InChI is InChI=1S/C14H17F6N.ClH/c1-2-3-4-5-12(21)10-7-6-9(13(15,16)17)8-11(10)14(18,19)20;/h6-8,12H,2-5,21H2,1H3;1H/t12-;/m0./s1. The summed E-state index contributed by atoms with van der Waals surface area (Å²) in [6.45, 7) is 1.94. The van der Waals surface area contributed by atoms with Crippen LogP contribution in [0, 0.1) is 0 Å². The fraction of sp³-hybridized carbons (Fsp3) is 0.571. The van der Waals surface area contributed by atoms with Gasteiger partial charge in [0, 0.05) is 6.04 Å². The molecule has 2 N–H and O–H groups in total. The Bertz CT molecular complexity index is 469. The van der Waals surface area contributed by atoms with E-state index in [9.17, 15) is 26.3 Å². The maximum atomic E-state index is 12.9. The van der Waals surface area contributed by atoms with Crippen LogP contribution < -0.4 is 5.73 Å². The molecule has 0 radical (unpaired) electrons. The first-order chi connectivity index (χ1) is 9.57. The predicted octanol–water partition coefficient (Wildman–Crippen LogP) is 5.73. The average Bonchev–Trinajstić information content (AvgIpc) is 2.36. The molecule has 0 aliphatic rings. The van der Waals surface area contributed by atoms with Gasteiger partial charge in [-0.15, -0.1) is 12.4 Å². The quantitative estimate of drug-likeness (QED) is 0.533. The lowest BCUT2D eigenvalue weighted by Gasteiger charge is -2.20. The highest BCUT2D eigenvalue weighted by Gasteiger charge is 2.38. The van der Waals surface area contributed by atoms with E-state index in [0.717, 1.165) is 18.9 Å². The molecule has 0 fully saturated rings. The molecule has 0 heterocycles. The van der Waals surface area contributed by atoms with E-state index in [1.807, 2.05) is 6.92 Å². The summed E-state index contributed by atoms with van der Waals surface area (Å²) in [4.78, 5) is 0. The van der Waals surface area contributed by atoms with E-state index >= 15 is 0 Å². The van der Waals surface area contributed by atoms with Crippen LogP contribution in [0.2, 0.25) is 0 Å². The summed E-state index contributed by atoms with van der Waals surface area (Å²) in [7, 11) is 0. The summed E-state index contributed by atoms with van der Waals surface area (Å²) >= 11 is 0. The van der Waals surface area contributed by atoms with Gasteiger partial charge in [0.25, 0.3) is 0 Å². The summed E-state index contributed by atoms with van der Waals surface area (Å²) in [6, 6.07) is 0.692. The number of halogens is 7. The molecule has 0 bridgehead atoms. The van der Waals surface area contributed by atoms with Gasteiger partial charge in [0.2, 0.25) is 0 Å². The van der Waals surface area contributed by atoms with Crippen molar-refractivity contribution in [3.63, 3.8) is 0 Å². The van der Waals surface area contributed by atoms with Crippen molar-refractivity contribution >= 4 is 12.4 Å². The second-order valence-corrected chi connectivity index (χ2v) is 4.90. The van der Waals surface area contributed by atoms with Crippen LogP contribution >= 0.6 is 12.4 Å². The smallest absolute Gasteiger partial charge is 0.324 e. The maximum absolute atomic E-state index is 12.9. The topological polar surface area (TPSA) is 26.0 Å². The lowest BCUT2D eigenvalue weighted by atomic mass is 9.94. The van der Waals surface area contributed by atoms with Crippen LogP contribution in [0.5, 0.6) is 0 Å². The van der Waals surface area contributed by atoms with Crippen LogP contribution in [0.25, 0.3) is 0 Å². The Kier molecular flexibility index (Phi) is 7.71. The summed E-state index contributed by atoms with van der Waals surface area (Å²) < 4.78 is 76.4. The monoisotopic (exact) mass is 349 g/mol. The largest absolute Gasteiger partial charge is 0.416 e. The van der Waals surface area contributed by atoms with Gasteiger partial charge in [-0.2, -0.15) is 26.3 Å². The Morgan fingerprint density at radius 2 is 1.59 bits per heavy atom. The van der Waals surface area contributed by atoms with Gasteiger partial charge in [-0.25, -0.2) is 0 Å². The Morgan fingerprint density at radius 1 is 1.00 bits per heavy atom. The second-order valence-electron chi connectivity index (χ2n) is 4.90. The molecule has 1 rings (SSSR count). The van der Waals surface area contributed by atoms with Gasteiger partial charge in [-0.05, 0) is 24.1 Å². The average molecular weight is 350 g/mol. The number of alkyl halides is 6. The van der Waals surface area contributed by atoms with Crippen molar-refractivity contribution in [2.75, 3.05) is 0 Å². The van der Waals surface area contributed by atoms with Gasteiger partial charge in [-0.3, -0.25) is 0 Å². The van der Waals surface area contributed by atoms with Crippen molar-refractivity contribution in [3.8, 4) is 0 Å². The van der Waals surface area contributed by atoms with Crippen LogP contribution in [0.3, 0.4) is 0 Å². The Balaban J connectivity index is 0.00000441. The first kappa shape index (κ1) is 21.0. The molecule has 1 atom stereocenters. The minimum atomic E-state index is -4.86. The number of rotatable bonds is 5. The highest BCUT2D eigenvalue weighted by molar-refractivity contribution is 5.85. The molecular weight excluding hydrogens is 332 g/mol. The van der Waals surface area contributed by atoms with E-state index in [0.29, 0.717) is 18.9 Å². The molecular formula is C14H18ClF6N. The number of hydrogen-bond acceptors (Lipinski definition) is 1. The van der Waals surface area contributed by atoms with Gasteiger partial charge in [0.15, 0.2) is 0 Å². The summed E-state index contributed by atoms with van der Waals surface area (Å²) in [5, 5.41) is 0. The molecule has 1 aromatic carbocycles. The van der Waals surface area contributed by atoms with Crippen LogP contribution in [-0.4, -0.2) is 0 Å². The minimum Gasteiger partial charge on any atom is -0.324 e. The van der Waals surface area contributed by atoms with E-state index in [2.05, 4.69) is 0 Å². The fourth-order valence-electron chi connectivity index (χ4n) is 2.07. The second kappa shape index (κ2) is 8.06. The zero-order valence-electron chi connectivity index (χ0n) is 11.9. The van der Waals surface area contributed by atoms with E-state index in [1.54, 1.807) is 0 Å². The zero-order valence-corrected chi connectivity index (χ0v) is 12.7. The van der Waals surface area contributed by atoms with Crippen molar-refractivity contribution in [1.29, 1.82) is 0 Å². The molecule has 0 saturated carbocycles. The molecule has 8 heteroatoms. The predicted molar refractivity (Wildman–Crippen MR) is 74.8 cm³/mol. The van der Waals surface area contributed by atoms with Crippen LogP contribution in [-0.2, 0) is 12.4 Å². The van der Waals surface area contributed by atoms with E-state index in [-0.39, 0.29) is 24.0 Å². The van der Waals surface area contributed by atoms with Gasteiger partial charge >= 0.3 is 12.4 Å². The van der Waals surface area contributed by atoms with Crippen molar-refractivity contribution in [2.45, 2.75) is 51.0 Å². The summed E-state index contributed by atoms with van der Waals surface area (Å²) in [5.41, 5.74) is 2.80. The van der Waals surface area contributed by atoms with Crippen LogP contribution in [0.15, 0.2) is 18.2 Å². The molecule has 0 saturated heterocycles. The molecule has 0 spiro atoms. The highest BCUT2D eigenvalue weighted by Crippen LogP contribution is 2.39. The lowest BCUT2D eigenvalue weighted by Crippen LogP contribution is -2.19. The third-order valence-electron chi connectivity index (χ3n) is 3.20. The van der Waals surface area contributed by atoms with Crippen molar-refractivity contribution < 1.29 is 26.3 Å². The first-order valence-electron chi connectivity index (χ1n) is 6.61. The first-order valence-corrected chi connectivity index (χ1v) is 6.61. The van der Waals surface area contributed by atoms with Gasteiger partial charge in [-0.1, -0.05) is 32.3 Å². The number of nitrogens with two attached hydrogens (primary N) is 1. The van der Waals surface area contributed by atoms with Crippen LogP contribution in [0.4, 0.5) is 26.3 Å². The van der Waals surface area contributed by atoms with E-state index < -0.39 is 29.5 Å². The Hall–Kier alpha value is -0.950. The maximum Gasteiger partial charge on any atom is 0.416 e. The van der Waals surface area contributed by atoms with Crippen LogP contribution in [0.1, 0.15) is 55.3 Å². The zero-order chi connectivity index (χ0) is 16.3. The van der Waals surface area contributed by atoms with E-state index in [4.69, 9.17) is 5.73 Å². The highest BCUT2D eigenvalue weighted by atomic mass is 35.5. The van der Waals surface area contributed by atoms with Crippen molar-refractivity contribution in [2.24, 2.45) is 5.73 Å². The number of benzene rings is 1.